The molecule has 0 spiro atoms. The monoisotopic (exact) mass is 266 g/mol. The molecule has 1 N–H and O–H groups in total. The number of carboxylic acid groups (broad SMARTS) is 1. The Morgan fingerprint density at radius 1 is 1.53 bits per heavy atom. The zero-order valence-electron chi connectivity index (χ0n) is 11.3. The van der Waals surface area contributed by atoms with Crippen LogP contribution in [0.2, 0.25) is 0 Å². The molecular formula is C13H18N2O4. The molecule has 0 aliphatic rings. The van der Waals surface area contributed by atoms with Gasteiger partial charge in [0.15, 0.2) is 0 Å². The maximum atomic E-state index is 11.1. The Morgan fingerprint density at radius 2 is 2.16 bits per heavy atom. The van der Waals surface area contributed by atoms with Crippen LogP contribution < -0.4 is 4.90 Å². The highest BCUT2D eigenvalue weighted by molar-refractivity contribution is 5.78. The number of hydrogen-bond acceptors (Lipinski definition) is 4. The van der Waals surface area contributed by atoms with E-state index in [1.54, 1.807) is 24.0 Å². The number of benzene rings is 1. The SMILES string of the molecule is CCC(C)N(CC(=O)O)c1c(C)cccc1[N+](=O)[O-]. The van der Waals surface area contributed by atoms with Crippen LogP contribution >= 0.6 is 0 Å². The molecule has 1 aromatic rings. The van der Waals surface area contributed by atoms with Gasteiger partial charge in [0, 0.05) is 12.1 Å². The van der Waals surface area contributed by atoms with E-state index < -0.39 is 10.9 Å². The average Bonchev–Trinajstić information content (AvgIpc) is 2.34. The third-order valence-electron chi connectivity index (χ3n) is 3.13. The lowest BCUT2D eigenvalue weighted by Crippen LogP contribution is -2.38. The third kappa shape index (κ3) is 3.43. The third-order valence-corrected chi connectivity index (χ3v) is 3.13. The van der Waals surface area contributed by atoms with Crippen LogP contribution in [0.4, 0.5) is 11.4 Å². The molecule has 104 valence electrons. The summed E-state index contributed by atoms with van der Waals surface area (Å²) in [6.45, 7) is 5.28. The van der Waals surface area contributed by atoms with Gasteiger partial charge in [0.25, 0.3) is 5.69 Å². The maximum absolute atomic E-state index is 11.1. The van der Waals surface area contributed by atoms with Gasteiger partial charge in [0.2, 0.25) is 0 Å². The van der Waals surface area contributed by atoms with Crippen LogP contribution in [0.1, 0.15) is 25.8 Å². The molecule has 1 unspecified atom stereocenters. The minimum atomic E-state index is -1.00. The van der Waals surface area contributed by atoms with Crippen molar-refractivity contribution in [1.82, 2.24) is 0 Å². The van der Waals surface area contributed by atoms with E-state index in [4.69, 9.17) is 5.11 Å². The van der Waals surface area contributed by atoms with Gasteiger partial charge < -0.3 is 10.0 Å². The summed E-state index contributed by atoms with van der Waals surface area (Å²) in [7, 11) is 0. The van der Waals surface area contributed by atoms with Crippen molar-refractivity contribution in [2.45, 2.75) is 33.2 Å². The molecule has 0 aromatic heterocycles. The molecule has 0 amide bonds. The summed E-state index contributed by atoms with van der Waals surface area (Å²) in [6, 6.07) is 4.67. The molecule has 6 heteroatoms. The standard InChI is InChI=1S/C13H18N2O4/c1-4-10(3)14(8-12(16)17)13-9(2)6-5-7-11(13)15(18)19/h5-7,10H,4,8H2,1-3H3,(H,16,17). The summed E-state index contributed by atoms with van der Waals surface area (Å²) in [6.07, 6.45) is 0.707. The maximum Gasteiger partial charge on any atom is 0.323 e. The summed E-state index contributed by atoms with van der Waals surface area (Å²) in [5.74, 6) is -1.00. The number of carbonyl (C=O) groups is 1. The fourth-order valence-corrected chi connectivity index (χ4v) is 1.99. The van der Waals surface area contributed by atoms with Crippen molar-refractivity contribution in [2.75, 3.05) is 11.4 Å². The Balaban J connectivity index is 3.35. The molecule has 19 heavy (non-hydrogen) atoms. The van der Waals surface area contributed by atoms with Gasteiger partial charge in [0.05, 0.1) is 4.92 Å². The lowest BCUT2D eigenvalue weighted by molar-refractivity contribution is -0.384. The number of aliphatic carboxylic acids is 1. The van der Waals surface area contributed by atoms with Crippen LogP contribution in [-0.4, -0.2) is 28.6 Å². The topological polar surface area (TPSA) is 83.7 Å². The normalized spacial score (nSPS) is 11.9. The van der Waals surface area contributed by atoms with E-state index >= 15 is 0 Å². The first-order valence-corrected chi connectivity index (χ1v) is 6.10. The van der Waals surface area contributed by atoms with Crippen LogP contribution in [0.5, 0.6) is 0 Å². The van der Waals surface area contributed by atoms with Gasteiger partial charge in [-0.05, 0) is 25.8 Å². The van der Waals surface area contributed by atoms with Crippen molar-refractivity contribution in [2.24, 2.45) is 0 Å². The Hall–Kier alpha value is -2.11. The number of nitrogens with zero attached hydrogens (tertiary/aromatic N) is 2. The van der Waals surface area contributed by atoms with E-state index in [2.05, 4.69) is 0 Å². The van der Waals surface area contributed by atoms with Crippen LogP contribution in [0.3, 0.4) is 0 Å². The molecule has 0 aliphatic carbocycles. The summed E-state index contributed by atoms with van der Waals surface area (Å²) in [5.41, 5.74) is 1.04. The highest BCUT2D eigenvalue weighted by Crippen LogP contribution is 2.33. The van der Waals surface area contributed by atoms with Gasteiger partial charge >= 0.3 is 5.97 Å². The molecule has 0 saturated heterocycles. The lowest BCUT2D eigenvalue weighted by atomic mass is 10.1. The zero-order chi connectivity index (χ0) is 14.6. The molecule has 0 saturated carbocycles. The number of para-hydroxylation sites is 1. The number of hydrogen-bond donors (Lipinski definition) is 1. The van der Waals surface area contributed by atoms with E-state index in [0.717, 1.165) is 0 Å². The fourth-order valence-electron chi connectivity index (χ4n) is 1.99. The molecule has 0 radical (unpaired) electrons. The van der Waals surface area contributed by atoms with E-state index in [0.29, 0.717) is 17.7 Å². The lowest BCUT2D eigenvalue weighted by Gasteiger charge is -2.29. The molecule has 0 aliphatic heterocycles. The molecule has 0 bridgehead atoms. The fraction of sp³-hybridized carbons (Fsp3) is 0.462. The first kappa shape index (κ1) is 14.9. The summed E-state index contributed by atoms with van der Waals surface area (Å²) in [4.78, 5) is 23.2. The second-order valence-electron chi connectivity index (χ2n) is 4.48. The van der Waals surface area contributed by atoms with Crippen LogP contribution in [0.15, 0.2) is 18.2 Å². The first-order valence-electron chi connectivity index (χ1n) is 6.10. The average molecular weight is 266 g/mol. The van der Waals surface area contributed by atoms with Gasteiger partial charge in [-0.15, -0.1) is 0 Å². The van der Waals surface area contributed by atoms with E-state index in [1.165, 1.54) is 6.07 Å². The van der Waals surface area contributed by atoms with Crippen molar-refractivity contribution < 1.29 is 14.8 Å². The number of nitro groups is 1. The van der Waals surface area contributed by atoms with Gasteiger partial charge in [-0.2, -0.15) is 0 Å². The minimum Gasteiger partial charge on any atom is -0.480 e. The zero-order valence-corrected chi connectivity index (χ0v) is 11.3. The predicted molar refractivity (Wildman–Crippen MR) is 72.6 cm³/mol. The molecule has 1 rings (SSSR count). The molecule has 1 atom stereocenters. The largest absolute Gasteiger partial charge is 0.480 e. The smallest absolute Gasteiger partial charge is 0.323 e. The van der Waals surface area contributed by atoms with Crippen LogP contribution in [0.25, 0.3) is 0 Å². The number of anilines is 1. The first-order chi connectivity index (χ1) is 8.88. The number of rotatable bonds is 6. The minimum absolute atomic E-state index is 0.0541. The molecular weight excluding hydrogens is 248 g/mol. The van der Waals surface area contributed by atoms with Crippen LogP contribution in [0, 0.1) is 17.0 Å². The Kier molecular flexibility index (Phi) is 4.86. The molecule has 0 heterocycles. The summed E-state index contributed by atoms with van der Waals surface area (Å²) < 4.78 is 0. The van der Waals surface area contributed by atoms with Gasteiger partial charge in [-0.1, -0.05) is 19.1 Å². The number of carboxylic acids is 1. The molecule has 0 fully saturated rings. The summed E-state index contributed by atoms with van der Waals surface area (Å²) >= 11 is 0. The van der Waals surface area contributed by atoms with Crippen molar-refractivity contribution in [3.8, 4) is 0 Å². The number of aryl methyl sites for hydroxylation is 1. The van der Waals surface area contributed by atoms with Crippen molar-refractivity contribution in [3.05, 3.63) is 33.9 Å². The highest BCUT2D eigenvalue weighted by atomic mass is 16.6. The van der Waals surface area contributed by atoms with E-state index in [1.807, 2.05) is 13.8 Å². The quantitative estimate of drug-likeness (QED) is 0.632. The van der Waals surface area contributed by atoms with Crippen molar-refractivity contribution in [3.63, 3.8) is 0 Å². The van der Waals surface area contributed by atoms with Crippen molar-refractivity contribution in [1.29, 1.82) is 0 Å². The second-order valence-corrected chi connectivity index (χ2v) is 4.48. The predicted octanol–water partition coefficient (Wildman–Crippen LogP) is 2.59. The van der Waals surface area contributed by atoms with Crippen LogP contribution in [-0.2, 0) is 4.79 Å². The van der Waals surface area contributed by atoms with Gasteiger partial charge in [-0.3, -0.25) is 14.9 Å². The van der Waals surface area contributed by atoms with Crippen molar-refractivity contribution >= 4 is 17.3 Å². The van der Waals surface area contributed by atoms with E-state index in [9.17, 15) is 14.9 Å². The summed E-state index contributed by atoms with van der Waals surface area (Å²) in [5, 5.41) is 20.1. The molecule has 1 aromatic carbocycles. The van der Waals surface area contributed by atoms with E-state index in [-0.39, 0.29) is 18.3 Å². The number of nitro benzene ring substituents is 1. The second kappa shape index (κ2) is 6.17. The Bertz CT molecular complexity index is 488. The Labute approximate surface area is 111 Å². The molecule has 6 nitrogen and oxygen atoms in total. The van der Waals surface area contributed by atoms with Gasteiger partial charge in [0.1, 0.15) is 12.2 Å². The highest BCUT2D eigenvalue weighted by Gasteiger charge is 2.25. The Morgan fingerprint density at radius 3 is 2.63 bits per heavy atom. The van der Waals surface area contributed by atoms with Gasteiger partial charge in [-0.25, -0.2) is 0 Å².